The van der Waals surface area contributed by atoms with E-state index in [1.165, 1.54) is 18.6 Å². The first-order valence-corrected chi connectivity index (χ1v) is 5.92. The summed E-state index contributed by atoms with van der Waals surface area (Å²) in [6.07, 6.45) is 2.35. The molecule has 0 bridgehead atoms. The second-order valence-corrected chi connectivity index (χ2v) is 4.06. The maximum Gasteiger partial charge on any atom is 0.323 e. The van der Waals surface area contributed by atoms with Crippen molar-refractivity contribution in [3.63, 3.8) is 0 Å². The molecule has 1 rings (SSSR count). The van der Waals surface area contributed by atoms with Gasteiger partial charge in [-0.2, -0.15) is 0 Å². The molecule has 0 saturated carbocycles. The Bertz CT molecular complexity index is 508. The summed E-state index contributed by atoms with van der Waals surface area (Å²) in [7, 11) is 0. The van der Waals surface area contributed by atoms with Gasteiger partial charge in [0.1, 0.15) is 19.4 Å². The standard InChI is InChI=1S/C12H14N2O7/c15-9(14(5-10(16)17)6-11(18)19)1-3-13-12(20)8-2-4-21-7-8/h2,4,7H,1,3,5-6H2,(H,13,20)(H,16,17)(H,18,19). The lowest BCUT2D eigenvalue weighted by molar-refractivity contribution is -0.149. The van der Waals surface area contributed by atoms with Crippen molar-refractivity contribution in [2.75, 3.05) is 19.6 Å². The second kappa shape index (κ2) is 7.68. The lowest BCUT2D eigenvalue weighted by atomic mass is 10.3. The fraction of sp³-hybridized carbons (Fsp3) is 0.333. The van der Waals surface area contributed by atoms with Crippen LogP contribution in [0, 0.1) is 0 Å². The first kappa shape index (κ1) is 16.2. The molecule has 0 aliphatic rings. The van der Waals surface area contributed by atoms with Gasteiger partial charge in [-0.25, -0.2) is 0 Å². The van der Waals surface area contributed by atoms with Crippen LogP contribution in [0.2, 0.25) is 0 Å². The number of carbonyl (C=O) groups is 4. The lowest BCUT2D eigenvalue weighted by Crippen LogP contribution is -2.40. The van der Waals surface area contributed by atoms with Crippen LogP contribution in [-0.2, 0) is 14.4 Å². The molecule has 0 aromatic carbocycles. The molecule has 0 aliphatic heterocycles. The van der Waals surface area contributed by atoms with Gasteiger partial charge in [0.15, 0.2) is 0 Å². The zero-order chi connectivity index (χ0) is 15.8. The van der Waals surface area contributed by atoms with Crippen molar-refractivity contribution in [3.05, 3.63) is 24.2 Å². The molecule has 0 atom stereocenters. The van der Waals surface area contributed by atoms with Crippen molar-refractivity contribution in [2.24, 2.45) is 0 Å². The Morgan fingerprint density at radius 1 is 1.14 bits per heavy atom. The highest BCUT2D eigenvalue weighted by atomic mass is 16.4. The first-order chi connectivity index (χ1) is 9.90. The normalized spacial score (nSPS) is 9.90. The number of amides is 2. The van der Waals surface area contributed by atoms with Gasteiger partial charge in [0.25, 0.3) is 5.91 Å². The van der Waals surface area contributed by atoms with E-state index in [2.05, 4.69) is 5.32 Å². The maximum atomic E-state index is 11.7. The van der Waals surface area contributed by atoms with Gasteiger partial charge in [-0.15, -0.1) is 0 Å². The number of hydrogen-bond donors (Lipinski definition) is 3. The van der Waals surface area contributed by atoms with E-state index >= 15 is 0 Å². The molecule has 9 nitrogen and oxygen atoms in total. The lowest BCUT2D eigenvalue weighted by Gasteiger charge is -2.18. The van der Waals surface area contributed by atoms with Crippen molar-refractivity contribution >= 4 is 23.8 Å². The largest absolute Gasteiger partial charge is 0.480 e. The third kappa shape index (κ3) is 5.76. The summed E-state index contributed by atoms with van der Waals surface area (Å²) in [6, 6.07) is 1.44. The molecule has 0 spiro atoms. The van der Waals surface area contributed by atoms with Crippen LogP contribution in [0.15, 0.2) is 23.0 Å². The highest BCUT2D eigenvalue weighted by Crippen LogP contribution is 2.00. The van der Waals surface area contributed by atoms with Gasteiger partial charge < -0.3 is 24.8 Å². The molecule has 3 N–H and O–H groups in total. The molecule has 21 heavy (non-hydrogen) atoms. The molecular weight excluding hydrogens is 284 g/mol. The maximum absolute atomic E-state index is 11.7. The monoisotopic (exact) mass is 298 g/mol. The average molecular weight is 298 g/mol. The number of rotatable bonds is 8. The minimum atomic E-state index is -1.31. The fourth-order valence-corrected chi connectivity index (χ4v) is 1.50. The van der Waals surface area contributed by atoms with E-state index in [-0.39, 0.29) is 18.5 Å². The van der Waals surface area contributed by atoms with Gasteiger partial charge in [0.05, 0.1) is 11.8 Å². The van der Waals surface area contributed by atoms with Crippen molar-refractivity contribution in [3.8, 4) is 0 Å². The van der Waals surface area contributed by atoms with Gasteiger partial charge in [0.2, 0.25) is 5.91 Å². The molecule has 0 radical (unpaired) electrons. The van der Waals surface area contributed by atoms with E-state index in [0.717, 1.165) is 0 Å². The number of carboxylic acid groups (broad SMARTS) is 2. The summed E-state index contributed by atoms with van der Waals surface area (Å²) >= 11 is 0. The third-order valence-corrected chi connectivity index (χ3v) is 2.41. The first-order valence-electron chi connectivity index (χ1n) is 5.92. The average Bonchev–Trinajstić information content (AvgIpc) is 2.90. The number of nitrogens with one attached hydrogen (secondary N) is 1. The molecular formula is C12H14N2O7. The van der Waals surface area contributed by atoms with E-state index in [1.54, 1.807) is 0 Å². The minimum Gasteiger partial charge on any atom is -0.480 e. The van der Waals surface area contributed by atoms with Crippen LogP contribution in [0.3, 0.4) is 0 Å². The number of carbonyl (C=O) groups excluding carboxylic acids is 2. The van der Waals surface area contributed by atoms with Gasteiger partial charge in [-0.3, -0.25) is 19.2 Å². The predicted molar refractivity (Wildman–Crippen MR) is 67.5 cm³/mol. The van der Waals surface area contributed by atoms with E-state index in [4.69, 9.17) is 14.6 Å². The Hall–Kier alpha value is -2.84. The van der Waals surface area contributed by atoms with Crippen LogP contribution in [0.5, 0.6) is 0 Å². The van der Waals surface area contributed by atoms with E-state index in [0.29, 0.717) is 4.90 Å². The minimum absolute atomic E-state index is 0.0431. The Kier molecular flexibility index (Phi) is 5.93. The number of hydrogen-bond acceptors (Lipinski definition) is 5. The number of nitrogens with zero attached hydrogens (tertiary/aromatic N) is 1. The van der Waals surface area contributed by atoms with Gasteiger partial charge in [-0.05, 0) is 6.07 Å². The van der Waals surface area contributed by atoms with E-state index in [1.807, 2.05) is 0 Å². The summed E-state index contributed by atoms with van der Waals surface area (Å²) < 4.78 is 4.72. The smallest absolute Gasteiger partial charge is 0.323 e. The van der Waals surface area contributed by atoms with Crippen molar-refractivity contribution < 1.29 is 33.8 Å². The van der Waals surface area contributed by atoms with Crippen LogP contribution in [-0.4, -0.2) is 58.5 Å². The van der Waals surface area contributed by atoms with Crippen molar-refractivity contribution in [1.29, 1.82) is 0 Å². The third-order valence-electron chi connectivity index (χ3n) is 2.41. The molecule has 0 aliphatic carbocycles. The van der Waals surface area contributed by atoms with Gasteiger partial charge >= 0.3 is 11.9 Å². The Morgan fingerprint density at radius 3 is 2.24 bits per heavy atom. The zero-order valence-corrected chi connectivity index (χ0v) is 10.9. The van der Waals surface area contributed by atoms with Crippen LogP contribution in [0.1, 0.15) is 16.8 Å². The Balaban J connectivity index is 2.44. The quantitative estimate of drug-likeness (QED) is 0.582. The highest BCUT2D eigenvalue weighted by molar-refractivity contribution is 5.94. The number of aliphatic carboxylic acids is 2. The summed E-state index contributed by atoms with van der Waals surface area (Å²) in [4.78, 5) is 45.1. The molecule has 9 heteroatoms. The van der Waals surface area contributed by atoms with Gasteiger partial charge in [0, 0.05) is 13.0 Å². The zero-order valence-electron chi connectivity index (χ0n) is 10.9. The molecule has 114 valence electrons. The van der Waals surface area contributed by atoms with E-state index in [9.17, 15) is 19.2 Å². The summed E-state index contributed by atoms with van der Waals surface area (Å²) in [5, 5.41) is 19.7. The van der Waals surface area contributed by atoms with Gasteiger partial charge in [-0.1, -0.05) is 0 Å². The molecule has 0 fully saturated rings. The summed E-state index contributed by atoms with van der Waals surface area (Å²) in [5.74, 6) is -3.74. The predicted octanol–water partition coefficient (Wildman–Crippen LogP) is -0.603. The van der Waals surface area contributed by atoms with Crippen LogP contribution >= 0.6 is 0 Å². The van der Waals surface area contributed by atoms with Crippen LogP contribution in [0.4, 0.5) is 0 Å². The van der Waals surface area contributed by atoms with Crippen LogP contribution < -0.4 is 5.32 Å². The molecule has 1 heterocycles. The number of carboxylic acids is 2. The van der Waals surface area contributed by atoms with Crippen molar-refractivity contribution in [2.45, 2.75) is 6.42 Å². The Morgan fingerprint density at radius 2 is 1.76 bits per heavy atom. The Labute approximate surface area is 119 Å². The molecule has 0 unspecified atom stereocenters. The second-order valence-electron chi connectivity index (χ2n) is 4.06. The molecule has 1 aromatic heterocycles. The summed E-state index contributed by atoms with van der Waals surface area (Å²) in [5.41, 5.74) is 0.287. The topological polar surface area (TPSA) is 137 Å². The molecule has 1 aromatic rings. The number of furan rings is 1. The molecule has 0 saturated heterocycles. The van der Waals surface area contributed by atoms with Crippen LogP contribution in [0.25, 0.3) is 0 Å². The SMILES string of the molecule is O=C(O)CN(CC(=O)O)C(=O)CCNC(=O)c1ccoc1. The fourth-order valence-electron chi connectivity index (χ4n) is 1.50. The van der Waals surface area contributed by atoms with Crippen molar-refractivity contribution in [1.82, 2.24) is 10.2 Å². The molecule has 2 amide bonds. The highest BCUT2D eigenvalue weighted by Gasteiger charge is 2.19. The van der Waals surface area contributed by atoms with E-state index < -0.39 is 36.8 Å². The summed E-state index contributed by atoms with van der Waals surface area (Å²) in [6.45, 7) is -1.46.